The van der Waals surface area contributed by atoms with Gasteiger partial charge in [-0.15, -0.1) is 0 Å². The van der Waals surface area contributed by atoms with Gasteiger partial charge in [-0.1, -0.05) is 200 Å². The van der Waals surface area contributed by atoms with Crippen LogP contribution in [0, 0.1) is 11.3 Å². The molecule has 7 nitrogen and oxygen atoms in total. The summed E-state index contributed by atoms with van der Waals surface area (Å²) in [6.45, 7) is 0. The number of hydrogen-bond donors (Lipinski definition) is 0. The molecule has 0 spiro atoms. The second kappa shape index (κ2) is 23.5. The van der Waals surface area contributed by atoms with Crippen molar-refractivity contribution in [3.63, 3.8) is 0 Å². The summed E-state index contributed by atoms with van der Waals surface area (Å²) in [5.41, 5.74) is 9.40. The van der Waals surface area contributed by atoms with E-state index in [0.29, 0.717) is 89.1 Å². The summed E-state index contributed by atoms with van der Waals surface area (Å²) in [6, 6.07) is 84.5. The van der Waals surface area contributed by atoms with Gasteiger partial charge < -0.3 is 9.13 Å². The minimum atomic E-state index is -5.31. The Morgan fingerprint density at radius 3 is 0.844 bits per heavy atom. The Morgan fingerprint density at radius 2 is 0.573 bits per heavy atom. The summed E-state index contributed by atoms with van der Waals surface area (Å²) in [6.07, 6.45) is -3.64. The van der Waals surface area contributed by atoms with E-state index in [9.17, 15) is 5.26 Å². The fourth-order valence-electron chi connectivity index (χ4n) is 13.2. The molecule has 10 aromatic carbocycles. The number of benzene rings is 10. The monoisotopic (exact) mass is 1260 g/mol. The van der Waals surface area contributed by atoms with Gasteiger partial charge in [0.25, 0.3) is 0 Å². The Balaban J connectivity index is 0.985. The highest BCUT2D eigenvalue weighted by Gasteiger charge is 2.42. The first kappa shape index (κ1) is 58.5. The van der Waals surface area contributed by atoms with Crippen LogP contribution in [0.5, 0.6) is 0 Å². The normalized spacial score (nSPS) is 11.8. The van der Waals surface area contributed by atoms with Crippen LogP contribution in [-0.2, 0) is 12.4 Å². The molecule has 0 radical (unpaired) electrons. The van der Waals surface area contributed by atoms with E-state index in [4.69, 9.17) is 19.9 Å². The van der Waals surface area contributed by atoms with Crippen LogP contribution in [0.25, 0.3) is 156 Å². The van der Waals surface area contributed by atoms with Crippen molar-refractivity contribution in [3.8, 4) is 118 Å². The Kier molecular flexibility index (Phi) is 14.4. The van der Waals surface area contributed by atoms with Crippen LogP contribution in [0.2, 0.25) is 0 Å². The second-order valence-corrected chi connectivity index (χ2v) is 23.5. The molecule has 6 heterocycles. The molecule has 0 fully saturated rings. The first-order valence-electron chi connectivity index (χ1n) is 30.9. The number of alkyl halides is 6. The zero-order valence-corrected chi connectivity index (χ0v) is 50.7. The van der Waals surface area contributed by atoms with Crippen LogP contribution in [0.1, 0.15) is 16.7 Å². The predicted octanol–water partition coefficient (Wildman–Crippen LogP) is 22.4. The van der Waals surface area contributed by atoms with Gasteiger partial charge >= 0.3 is 12.4 Å². The van der Waals surface area contributed by atoms with E-state index in [2.05, 4.69) is 6.07 Å². The van der Waals surface area contributed by atoms with Gasteiger partial charge in [-0.05, 0) is 95.1 Å². The zero-order valence-electron chi connectivity index (χ0n) is 50.7. The number of halogens is 6. The van der Waals surface area contributed by atoms with Gasteiger partial charge in [-0.3, -0.25) is 19.9 Å². The van der Waals surface area contributed by atoms with Gasteiger partial charge in [-0.25, -0.2) is 0 Å². The molecule has 13 heteroatoms. The fourth-order valence-corrected chi connectivity index (χ4v) is 13.2. The molecule has 0 atom stereocenters. The molecule has 96 heavy (non-hydrogen) atoms. The van der Waals surface area contributed by atoms with E-state index < -0.39 is 34.6 Å². The summed E-state index contributed by atoms with van der Waals surface area (Å²) in [5, 5.41) is 14.6. The standard InChI is InChI=1S/C83H49F6N7/c84-82(85,86)69-22-13-23-70(83(87,88)89)81(69)68-45-75(95-76-40-55(59-28-36-71(91-47-59)51-14-5-1-6-15-51)24-32-64(76)65-33-25-56(41-77(65)95)60-29-37-72(92-48-60)52-16-7-2-8-17-52)63(46-90)44-80(68)96-78-42-57(61-30-38-73(93-49-61)53-18-9-3-10-19-53)26-34-66(78)67-35-27-58(43-79(67)96)62-31-39-74(94-50-62)54-20-11-4-12-21-54/h1-45,47-50H. The van der Waals surface area contributed by atoms with E-state index in [1.54, 1.807) is 33.9 Å². The molecule has 0 unspecified atom stereocenters. The molecule has 16 aromatic rings. The molecular formula is C83H49F6N7. The van der Waals surface area contributed by atoms with E-state index in [0.717, 1.165) is 62.2 Å². The average molecular weight is 1260 g/mol. The summed E-state index contributed by atoms with van der Waals surface area (Å²) in [4.78, 5) is 19.3. The van der Waals surface area contributed by atoms with Crippen molar-refractivity contribution in [2.75, 3.05) is 0 Å². The SMILES string of the molecule is N#Cc1cc(-n2c3cc(-c4ccc(-c5ccccc5)nc4)ccc3c3ccc(-c4ccc(-c5ccccc5)nc4)cc32)c(-c2c(C(F)(F)F)cccc2C(F)(F)F)cc1-n1c2cc(-c3ccc(-c4ccccc4)nc3)ccc2c2ccc(-c3ccc(-c4ccccc4)nc3)cc21. The van der Waals surface area contributed by atoms with Crippen molar-refractivity contribution in [3.05, 3.63) is 314 Å². The molecule has 0 aliphatic rings. The van der Waals surface area contributed by atoms with Crippen molar-refractivity contribution in [1.29, 1.82) is 5.26 Å². The van der Waals surface area contributed by atoms with Crippen LogP contribution < -0.4 is 0 Å². The number of nitrogens with zero attached hydrogens (tertiary/aromatic N) is 7. The maximum absolute atomic E-state index is 16.2. The molecule has 0 amide bonds. The van der Waals surface area contributed by atoms with Crippen LogP contribution in [0.4, 0.5) is 26.3 Å². The lowest BCUT2D eigenvalue weighted by Crippen LogP contribution is -2.15. The molecule has 458 valence electrons. The Bertz CT molecular complexity index is 5380. The second-order valence-electron chi connectivity index (χ2n) is 23.5. The molecule has 16 rings (SSSR count). The number of fused-ring (bicyclic) bond motifs is 6. The van der Waals surface area contributed by atoms with E-state index in [-0.39, 0.29) is 16.9 Å². The number of aromatic nitrogens is 6. The molecule has 0 aliphatic carbocycles. The van der Waals surface area contributed by atoms with Gasteiger partial charge in [0.15, 0.2) is 0 Å². The van der Waals surface area contributed by atoms with E-state index in [1.807, 2.05) is 243 Å². The molecule has 0 N–H and O–H groups in total. The van der Waals surface area contributed by atoms with Crippen LogP contribution >= 0.6 is 0 Å². The number of rotatable bonds is 11. The van der Waals surface area contributed by atoms with Crippen molar-refractivity contribution >= 4 is 43.6 Å². The predicted molar refractivity (Wildman–Crippen MR) is 370 cm³/mol. The summed E-state index contributed by atoms with van der Waals surface area (Å²) < 4.78 is 101. The summed E-state index contributed by atoms with van der Waals surface area (Å²) in [5.74, 6) is 0. The molecule has 0 saturated carbocycles. The van der Waals surface area contributed by atoms with Crippen molar-refractivity contribution in [2.24, 2.45) is 0 Å². The van der Waals surface area contributed by atoms with Gasteiger partial charge in [0.1, 0.15) is 6.07 Å². The van der Waals surface area contributed by atoms with Crippen molar-refractivity contribution in [1.82, 2.24) is 29.1 Å². The largest absolute Gasteiger partial charge is 0.417 e. The van der Waals surface area contributed by atoms with Crippen LogP contribution in [0.3, 0.4) is 0 Å². The minimum Gasteiger partial charge on any atom is -0.309 e. The number of nitriles is 1. The van der Waals surface area contributed by atoms with Gasteiger partial charge in [0, 0.05) is 102 Å². The highest BCUT2D eigenvalue weighted by Crippen LogP contribution is 2.50. The molecule has 0 saturated heterocycles. The van der Waals surface area contributed by atoms with Crippen molar-refractivity contribution in [2.45, 2.75) is 12.4 Å². The number of pyridine rings is 4. The van der Waals surface area contributed by atoms with Crippen LogP contribution in [0.15, 0.2) is 298 Å². The lowest BCUT2D eigenvalue weighted by Gasteiger charge is -2.24. The zero-order chi connectivity index (χ0) is 65.2. The van der Waals surface area contributed by atoms with Crippen LogP contribution in [-0.4, -0.2) is 29.1 Å². The lowest BCUT2D eigenvalue weighted by molar-refractivity contribution is -0.142. The average Bonchev–Trinajstić information content (AvgIpc) is 1.67. The lowest BCUT2D eigenvalue weighted by atomic mass is 9.90. The Labute approximate surface area is 546 Å². The first-order valence-corrected chi connectivity index (χ1v) is 30.9. The summed E-state index contributed by atoms with van der Waals surface area (Å²) in [7, 11) is 0. The smallest absolute Gasteiger partial charge is 0.309 e. The molecular weight excluding hydrogens is 1210 g/mol. The fraction of sp³-hybridized carbons (Fsp3) is 0.0241. The minimum absolute atomic E-state index is 0.0297. The molecule has 0 bridgehead atoms. The third-order valence-corrected chi connectivity index (χ3v) is 17.9. The van der Waals surface area contributed by atoms with Gasteiger partial charge in [-0.2, -0.15) is 31.6 Å². The quantitative estimate of drug-likeness (QED) is 0.120. The highest BCUT2D eigenvalue weighted by atomic mass is 19.4. The maximum atomic E-state index is 16.2. The summed E-state index contributed by atoms with van der Waals surface area (Å²) >= 11 is 0. The third-order valence-electron chi connectivity index (χ3n) is 17.9. The first-order chi connectivity index (χ1) is 46.8. The molecule has 0 aliphatic heterocycles. The number of hydrogen-bond acceptors (Lipinski definition) is 5. The highest BCUT2D eigenvalue weighted by molar-refractivity contribution is 6.13. The Hall–Kier alpha value is -12.5. The van der Waals surface area contributed by atoms with E-state index >= 15 is 26.3 Å². The van der Waals surface area contributed by atoms with Gasteiger partial charge in [0.2, 0.25) is 0 Å². The van der Waals surface area contributed by atoms with E-state index in [1.165, 1.54) is 12.1 Å². The topological polar surface area (TPSA) is 85.2 Å². The molecule has 6 aromatic heterocycles. The third kappa shape index (κ3) is 10.6. The van der Waals surface area contributed by atoms with Crippen molar-refractivity contribution < 1.29 is 26.3 Å². The van der Waals surface area contributed by atoms with Gasteiger partial charge in [0.05, 0.1) is 72.9 Å². The maximum Gasteiger partial charge on any atom is 0.417 e. The Morgan fingerprint density at radius 1 is 0.281 bits per heavy atom.